The lowest BCUT2D eigenvalue weighted by Gasteiger charge is -2.25. The Morgan fingerprint density at radius 1 is 1.06 bits per heavy atom. The molecule has 1 aromatic heterocycles. The van der Waals surface area contributed by atoms with E-state index in [-0.39, 0.29) is 5.56 Å². The van der Waals surface area contributed by atoms with Crippen molar-refractivity contribution in [3.8, 4) is 16.9 Å². The van der Waals surface area contributed by atoms with E-state index in [4.69, 9.17) is 14.2 Å². The summed E-state index contributed by atoms with van der Waals surface area (Å²) in [6.07, 6.45) is 2.53. The number of esters is 2. The average Bonchev–Trinajstić information content (AvgIpc) is 3.31. The van der Waals surface area contributed by atoms with Gasteiger partial charge in [0.15, 0.2) is 0 Å². The van der Waals surface area contributed by atoms with Crippen molar-refractivity contribution in [2.75, 3.05) is 13.7 Å². The molecule has 0 aliphatic heterocycles. The molecule has 2 aromatic carbocycles. The number of H-pyrrole nitrogens is 1. The molecule has 3 rings (SSSR count). The molecule has 0 amide bonds. The minimum absolute atomic E-state index is 0.166. The third-order valence-electron chi connectivity index (χ3n) is 5.06. The van der Waals surface area contributed by atoms with Crippen molar-refractivity contribution in [1.82, 2.24) is 4.98 Å². The Morgan fingerprint density at radius 3 is 2.38 bits per heavy atom. The minimum Gasteiger partial charge on any atom is -0.493 e. The molecular formula is C27H30FNO5. The first kappa shape index (κ1) is 25.0. The zero-order valence-corrected chi connectivity index (χ0v) is 20.1. The summed E-state index contributed by atoms with van der Waals surface area (Å²) in [4.78, 5) is 28.5. The highest BCUT2D eigenvalue weighted by Gasteiger charge is 2.32. The summed E-state index contributed by atoms with van der Waals surface area (Å²) in [5.74, 6) is -2.09. The van der Waals surface area contributed by atoms with E-state index in [9.17, 15) is 14.0 Å². The second-order valence-electron chi connectivity index (χ2n) is 8.88. The Bertz CT molecular complexity index is 1150. The average molecular weight is 468 g/mol. The van der Waals surface area contributed by atoms with Crippen LogP contribution >= 0.6 is 0 Å². The van der Waals surface area contributed by atoms with Gasteiger partial charge in [0.25, 0.3) is 0 Å². The lowest BCUT2D eigenvalue weighted by molar-refractivity contribution is -0.155. The zero-order chi connectivity index (χ0) is 24.9. The van der Waals surface area contributed by atoms with Crippen LogP contribution in [0.1, 0.15) is 61.6 Å². The fourth-order valence-corrected chi connectivity index (χ4v) is 3.57. The maximum Gasteiger partial charge on any atom is 0.340 e. The number of rotatable bonds is 8. The van der Waals surface area contributed by atoms with Crippen LogP contribution in [0, 0.1) is 5.82 Å². The van der Waals surface area contributed by atoms with Gasteiger partial charge in [-0.3, -0.25) is 4.79 Å². The van der Waals surface area contributed by atoms with Gasteiger partial charge < -0.3 is 19.2 Å². The number of benzene rings is 2. The van der Waals surface area contributed by atoms with Gasteiger partial charge in [0.2, 0.25) is 0 Å². The maximum atomic E-state index is 14.2. The number of nitrogens with one attached hydrogen (secondary N) is 1. The van der Waals surface area contributed by atoms with E-state index in [1.807, 2.05) is 52.0 Å². The molecule has 1 N–H and O–H groups in total. The molecule has 0 saturated carbocycles. The van der Waals surface area contributed by atoms with Gasteiger partial charge in [-0.25, -0.2) is 9.18 Å². The third kappa shape index (κ3) is 5.84. The lowest BCUT2D eigenvalue weighted by atomic mass is 9.91. The van der Waals surface area contributed by atoms with E-state index in [2.05, 4.69) is 4.98 Å². The number of carbonyl (C=O) groups excluding carboxylic acids is 2. The molecule has 0 fully saturated rings. The van der Waals surface area contributed by atoms with Crippen molar-refractivity contribution >= 4 is 11.9 Å². The predicted molar refractivity (Wildman–Crippen MR) is 127 cm³/mol. The third-order valence-corrected chi connectivity index (χ3v) is 5.06. The van der Waals surface area contributed by atoms with E-state index in [1.54, 1.807) is 18.3 Å². The number of hydrogen-bond donors (Lipinski definition) is 1. The molecule has 1 heterocycles. The highest BCUT2D eigenvalue weighted by Crippen LogP contribution is 2.37. The lowest BCUT2D eigenvalue weighted by Crippen LogP contribution is -2.28. The number of aromatic amines is 1. The quantitative estimate of drug-likeness (QED) is 0.419. The van der Waals surface area contributed by atoms with Crippen LogP contribution in [0.2, 0.25) is 0 Å². The molecule has 0 aliphatic rings. The number of aromatic nitrogens is 1. The molecule has 0 saturated heterocycles. The minimum atomic E-state index is -0.776. The number of halogens is 1. The van der Waals surface area contributed by atoms with Gasteiger partial charge in [0, 0.05) is 17.5 Å². The van der Waals surface area contributed by atoms with Crippen molar-refractivity contribution in [1.29, 1.82) is 0 Å². The Balaban J connectivity index is 2.16. The Labute approximate surface area is 199 Å². The fourth-order valence-electron chi connectivity index (χ4n) is 3.57. The maximum absolute atomic E-state index is 14.2. The van der Waals surface area contributed by atoms with Crippen LogP contribution in [0.5, 0.6) is 5.75 Å². The molecule has 3 aromatic rings. The molecule has 0 bridgehead atoms. The van der Waals surface area contributed by atoms with Gasteiger partial charge in [-0.1, -0.05) is 19.1 Å². The summed E-state index contributed by atoms with van der Waals surface area (Å²) < 4.78 is 30.6. The van der Waals surface area contributed by atoms with E-state index in [0.29, 0.717) is 34.7 Å². The Kier molecular flexibility index (Phi) is 7.76. The van der Waals surface area contributed by atoms with Crippen LogP contribution in [0.15, 0.2) is 54.7 Å². The molecule has 6 nitrogen and oxygen atoms in total. The first-order chi connectivity index (χ1) is 16.1. The molecule has 1 atom stereocenters. The van der Waals surface area contributed by atoms with E-state index in [0.717, 1.165) is 6.42 Å². The number of methoxy groups -OCH3 is 1. The molecule has 0 aliphatic carbocycles. The monoisotopic (exact) mass is 467 g/mol. The molecule has 34 heavy (non-hydrogen) atoms. The molecule has 1 unspecified atom stereocenters. The topological polar surface area (TPSA) is 77.6 Å². The van der Waals surface area contributed by atoms with Crippen LogP contribution in [-0.4, -0.2) is 36.2 Å². The van der Waals surface area contributed by atoms with Gasteiger partial charge in [0.05, 0.1) is 19.3 Å². The van der Waals surface area contributed by atoms with Gasteiger partial charge in [-0.05, 0) is 74.7 Å². The van der Waals surface area contributed by atoms with Crippen molar-refractivity contribution < 1.29 is 28.2 Å². The summed E-state index contributed by atoms with van der Waals surface area (Å²) in [7, 11) is 1.20. The van der Waals surface area contributed by atoms with Crippen molar-refractivity contribution in [3.63, 3.8) is 0 Å². The van der Waals surface area contributed by atoms with E-state index >= 15 is 0 Å². The first-order valence-electron chi connectivity index (χ1n) is 11.2. The summed E-state index contributed by atoms with van der Waals surface area (Å²) in [6, 6.07) is 13.3. The van der Waals surface area contributed by atoms with Gasteiger partial charge in [0.1, 0.15) is 23.1 Å². The summed E-state index contributed by atoms with van der Waals surface area (Å²) in [5, 5.41) is 0. The Hall–Kier alpha value is -3.61. The predicted octanol–water partition coefficient (Wildman–Crippen LogP) is 5.87. The van der Waals surface area contributed by atoms with E-state index in [1.165, 1.54) is 19.2 Å². The number of ether oxygens (including phenoxy) is 3. The second-order valence-corrected chi connectivity index (χ2v) is 8.88. The molecule has 7 heteroatoms. The summed E-state index contributed by atoms with van der Waals surface area (Å²) >= 11 is 0. The van der Waals surface area contributed by atoms with Gasteiger partial charge in [-0.15, -0.1) is 0 Å². The Morgan fingerprint density at radius 2 is 1.76 bits per heavy atom. The van der Waals surface area contributed by atoms with Gasteiger partial charge in [-0.2, -0.15) is 0 Å². The summed E-state index contributed by atoms with van der Waals surface area (Å²) in [6.45, 7) is 7.91. The molecule has 0 radical (unpaired) electrons. The van der Waals surface area contributed by atoms with Crippen molar-refractivity contribution in [3.05, 3.63) is 77.4 Å². The fraction of sp³-hybridized carbons (Fsp3) is 0.333. The number of carbonyl (C=O) groups is 2. The molecule has 0 spiro atoms. The van der Waals surface area contributed by atoms with Crippen LogP contribution in [0.25, 0.3) is 11.1 Å². The normalized spacial score (nSPS) is 12.2. The zero-order valence-electron chi connectivity index (χ0n) is 20.1. The van der Waals surface area contributed by atoms with Crippen molar-refractivity contribution in [2.45, 2.75) is 45.6 Å². The van der Waals surface area contributed by atoms with Crippen molar-refractivity contribution in [2.24, 2.45) is 0 Å². The van der Waals surface area contributed by atoms with Crippen LogP contribution < -0.4 is 4.74 Å². The largest absolute Gasteiger partial charge is 0.493 e. The SMILES string of the molecule is CCCOc1ccc(-c2ccc(F)c(C(=O)OC)c2)cc1C(C(=O)OC(C)(C)C)c1ccc[nH]1. The highest BCUT2D eigenvalue weighted by atomic mass is 19.1. The first-order valence-corrected chi connectivity index (χ1v) is 11.2. The van der Waals surface area contributed by atoms with Crippen LogP contribution in [0.4, 0.5) is 4.39 Å². The highest BCUT2D eigenvalue weighted by molar-refractivity contribution is 5.91. The van der Waals surface area contributed by atoms with E-state index < -0.39 is 29.3 Å². The van der Waals surface area contributed by atoms with Gasteiger partial charge >= 0.3 is 11.9 Å². The second kappa shape index (κ2) is 10.5. The molecular weight excluding hydrogens is 437 g/mol. The van der Waals surface area contributed by atoms with Crippen LogP contribution in [0.3, 0.4) is 0 Å². The smallest absolute Gasteiger partial charge is 0.340 e. The standard InChI is InChI=1S/C27H30FNO5/c1-6-14-33-23-12-10-18(17-9-11-21(28)19(15-17)25(30)32-5)16-20(23)24(22-8-7-13-29-22)26(31)34-27(2,3)4/h7-13,15-16,24,29H,6,14H2,1-5H3. The number of hydrogen-bond acceptors (Lipinski definition) is 5. The van der Waals surface area contributed by atoms with Crippen LogP contribution in [-0.2, 0) is 14.3 Å². The summed E-state index contributed by atoms with van der Waals surface area (Å²) in [5.41, 5.74) is 1.69. The molecule has 180 valence electrons.